The van der Waals surface area contributed by atoms with Crippen LogP contribution in [0.5, 0.6) is 0 Å². The number of halogens is 13. The van der Waals surface area contributed by atoms with E-state index in [0.29, 0.717) is 5.56 Å². The van der Waals surface area contributed by atoms with Gasteiger partial charge in [0.2, 0.25) is 0 Å². The van der Waals surface area contributed by atoms with Crippen LogP contribution in [-0.4, -0.2) is 53.5 Å². The molecule has 2 N–H and O–H groups in total. The van der Waals surface area contributed by atoms with Gasteiger partial charge in [-0.25, -0.2) is 0 Å². The molecule has 1 aromatic carbocycles. The molecule has 31 heavy (non-hydrogen) atoms. The molecule has 15 heteroatoms. The van der Waals surface area contributed by atoms with Gasteiger partial charge in [-0.2, -0.15) is 57.1 Å². The van der Waals surface area contributed by atoms with Crippen LogP contribution in [0.15, 0.2) is 30.3 Å². The number of hydrogen-bond acceptors (Lipinski definition) is 2. The zero-order valence-electron chi connectivity index (χ0n) is 14.9. The highest BCUT2D eigenvalue weighted by molar-refractivity contribution is 5.14. The van der Waals surface area contributed by atoms with E-state index in [4.69, 9.17) is 0 Å². The molecule has 0 saturated heterocycles. The molecule has 0 unspecified atom stereocenters. The molecule has 0 heterocycles. The standard InChI is InChI=1S/C16H14F13NO/c17-11(18,6-10(31)8-30-7-9-4-2-1-3-5-9)12(19,20)13(21,22)14(23,24)15(25,26)16(27,28)29/h1-5,10,30-31H,6-8H2/t10-/m1/s1. The predicted octanol–water partition coefficient (Wildman–Crippen LogP) is 5.27. The molecule has 0 spiro atoms. The van der Waals surface area contributed by atoms with Crippen molar-refractivity contribution in [2.24, 2.45) is 0 Å². The van der Waals surface area contributed by atoms with Crippen LogP contribution in [0.1, 0.15) is 12.0 Å². The van der Waals surface area contributed by atoms with Gasteiger partial charge < -0.3 is 10.4 Å². The van der Waals surface area contributed by atoms with Gasteiger partial charge in [0.05, 0.1) is 6.10 Å². The summed E-state index contributed by atoms with van der Waals surface area (Å²) in [7, 11) is 0. The van der Waals surface area contributed by atoms with Gasteiger partial charge in [0, 0.05) is 19.5 Å². The molecular weight excluding hydrogens is 469 g/mol. The minimum Gasteiger partial charge on any atom is -0.392 e. The van der Waals surface area contributed by atoms with E-state index in [-0.39, 0.29) is 6.54 Å². The highest BCUT2D eigenvalue weighted by Gasteiger charge is 2.90. The Morgan fingerprint density at radius 3 is 1.58 bits per heavy atom. The lowest BCUT2D eigenvalue weighted by molar-refractivity contribution is -0.440. The Labute approximate surface area is 166 Å². The van der Waals surface area contributed by atoms with Crippen molar-refractivity contribution in [3.05, 3.63) is 35.9 Å². The average Bonchev–Trinajstić information content (AvgIpc) is 2.60. The molecule has 0 aliphatic rings. The van der Waals surface area contributed by atoms with Gasteiger partial charge in [0.25, 0.3) is 0 Å². The summed E-state index contributed by atoms with van der Waals surface area (Å²) in [5.41, 5.74) is 0.507. The summed E-state index contributed by atoms with van der Waals surface area (Å²) in [6.07, 6.45) is -12.7. The van der Waals surface area contributed by atoms with Crippen LogP contribution in [0.2, 0.25) is 0 Å². The van der Waals surface area contributed by atoms with Crippen LogP contribution in [-0.2, 0) is 6.54 Å². The van der Waals surface area contributed by atoms with E-state index in [1.54, 1.807) is 18.2 Å². The molecule has 0 aliphatic heterocycles. The van der Waals surface area contributed by atoms with Crippen LogP contribution in [0.25, 0.3) is 0 Å². The summed E-state index contributed by atoms with van der Waals surface area (Å²) in [5.74, 6) is -37.2. The van der Waals surface area contributed by atoms with E-state index < -0.39 is 54.9 Å². The van der Waals surface area contributed by atoms with Crippen molar-refractivity contribution in [3.63, 3.8) is 0 Å². The van der Waals surface area contributed by atoms with Gasteiger partial charge in [-0.05, 0) is 5.56 Å². The highest BCUT2D eigenvalue weighted by Crippen LogP contribution is 2.60. The van der Waals surface area contributed by atoms with Crippen molar-refractivity contribution in [2.75, 3.05) is 6.54 Å². The lowest BCUT2D eigenvalue weighted by Gasteiger charge is -2.40. The minimum atomic E-state index is -7.94. The lowest BCUT2D eigenvalue weighted by Crippen LogP contribution is -2.70. The Kier molecular flexibility index (Phi) is 7.60. The van der Waals surface area contributed by atoms with E-state index in [0.717, 1.165) is 0 Å². The number of aliphatic hydroxyl groups excluding tert-OH is 1. The van der Waals surface area contributed by atoms with Gasteiger partial charge in [0.1, 0.15) is 0 Å². The van der Waals surface area contributed by atoms with Gasteiger partial charge in [0.15, 0.2) is 0 Å². The zero-order valence-corrected chi connectivity index (χ0v) is 14.9. The zero-order chi connectivity index (χ0) is 24.5. The second kappa shape index (κ2) is 8.64. The lowest BCUT2D eigenvalue weighted by atomic mass is 9.91. The maximum Gasteiger partial charge on any atom is 0.460 e. The maximum absolute atomic E-state index is 13.6. The van der Waals surface area contributed by atoms with Crippen LogP contribution in [0.4, 0.5) is 57.1 Å². The Balaban J connectivity index is 2.99. The number of nitrogens with one attached hydrogen (secondary N) is 1. The molecule has 0 radical (unpaired) electrons. The summed E-state index contributed by atoms with van der Waals surface area (Å²) in [5, 5.41) is 11.6. The molecule has 180 valence electrons. The molecule has 0 saturated carbocycles. The monoisotopic (exact) mass is 483 g/mol. The third kappa shape index (κ3) is 5.02. The van der Waals surface area contributed by atoms with E-state index in [1.165, 1.54) is 12.1 Å². The molecule has 0 aliphatic carbocycles. The van der Waals surface area contributed by atoms with Crippen molar-refractivity contribution in [1.82, 2.24) is 5.32 Å². The fraction of sp³-hybridized carbons (Fsp3) is 0.625. The Hall–Kier alpha value is -1.77. The van der Waals surface area contributed by atoms with Crippen LogP contribution < -0.4 is 5.32 Å². The normalized spacial score (nSPS) is 15.8. The molecule has 0 aromatic heterocycles. The van der Waals surface area contributed by atoms with Crippen molar-refractivity contribution in [3.8, 4) is 0 Å². The minimum absolute atomic E-state index is 0.133. The van der Waals surface area contributed by atoms with E-state index >= 15 is 0 Å². The first-order chi connectivity index (χ1) is 13.7. The maximum atomic E-state index is 13.6. The summed E-state index contributed by atoms with van der Waals surface area (Å²) in [6.45, 7) is -1.09. The molecule has 1 atom stereocenters. The Morgan fingerprint density at radius 2 is 1.13 bits per heavy atom. The first kappa shape index (κ1) is 27.3. The number of benzene rings is 1. The number of aliphatic hydroxyl groups is 1. The van der Waals surface area contributed by atoms with Crippen molar-refractivity contribution >= 4 is 0 Å². The second-order valence-electron chi connectivity index (χ2n) is 6.47. The SMILES string of the molecule is O[C@@H](CNCc1ccccc1)CC(F)(F)C(F)(F)C(F)(F)C(F)(F)C(F)(F)C(F)(F)F. The smallest absolute Gasteiger partial charge is 0.392 e. The van der Waals surface area contributed by atoms with Crippen LogP contribution >= 0.6 is 0 Å². The van der Waals surface area contributed by atoms with Gasteiger partial charge >= 0.3 is 35.8 Å². The topological polar surface area (TPSA) is 32.3 Å². The van der Waals surface area contributed by atoms with Crippen molar-refractivity contribution in [1.29, 1.82) is 0 Å². The molecule has 0 bridgehead atoms. The van der Waals surface area contributed by atoms with Crippen LogP contribution in [0.3, 0.4) is 0 Å². The average molecular weight is 483 g/mol. The van der Waals surface area contributed by atoms with Crippen molar-refractivity contribution < 1.29 is 62.2 Å². The fourth-order valence-corrected chi connectivity index (χ4v) is 2.28. The largest absolute Gasteiger partial charge is 0.460 e. The molecule has 2 nitrogen and oxygen atoms in total. The van der Waals surface area contributed by atoms with E-state index in [9.17, 15) is 62.2 Å². The third-order valence-corrected chi connectivity index (χ3v) is 4.04. The van der Waals surface area contributed by atoms with Gasteiger partial charge in [-0.15, -0.1) is 0 Å². The summed E-state index contributed by atoms with van der Waals surface area (Å²) < 4.78 is 169. The number of hydrogen-bond donors (Lipinski definition) is 2. The first-order valence-electron chi connectivity index (χ1n) is 8.11. The fourth-order valence-electron chi connectivity index (χ4n) is 2.28. The van der Waals surface area contributed by atoms with Gasteiger partial charge in [-0.1, -0.05) is 30.3 Å². The Morgan fingerprint density at radius 1 is 0.677 bits per heavy atom. The Bertz CT molecular complexity index is 718. The van der Waals surface area contributed by atoms with Gasteiger partial charge in [-0.3, -0.25) is 0 Å². The number of alkyl halides is 13. The second-order valence-corrected chi connectivity index (χ2v) is 6.47. The summed E-state index contributed by atoms with van der Waals surface area (Å²) in [6, 6.07) is 7.69. The third-order valence-electron chi connectivity index (χ3n) is 4.04. The molecule has 1 aromatic rings. The van der Waals surface area contributed by atoms with E-state index in [1.807, 2.05) is 0 Å². The molecule has 1 rings (SSSR count). The molecule has 0 amide bonds. The predicted molar refractivity (Wildman–Crippen MR) is 79.6 cm³/mol. The van der Waals surface area contributed by atoms with Crippen molar-refractivity contribution in [2.45, 2.75) is 54.9 Å². The highest BCUT2D eigenvalue weighted by atomic mass is 19.4. The van der Waals surface area contributed by atoms with Crippen LogP contribution in [0, 0.1) is 0 Å². The van der Waals surface area contributed by atoms with E-state index in [2.05, 4.69) is 5.32 Å². The summed E-state index contributed by atoms with van der Waals surface area (Å²) >= 11 is 0. The molecular formula is C16H14F13NO. The summed E-state index contributed by atoms with van der Waals surface area (Å²) in [4.78, 5) is 0. The number of rotatable bonds is 10. The molecule has 0 fully saturated rings. The quantitative estimate of drug-likeness (QED) is 0.445. The first-order valence-corrected chi connectivity index (χ1v) is 8.11.